The third-order valence-corrected chi connectivity index (χ3v) is 4.18. The number of carbonyl (C=O) groups is 1. The van der Waals surface area contributed by atoms with Gasteiger partial charge in [-0.3, -0.25) is 10.2 Å². The smallest absolute Gasteiger partial charge is 0.285 e. The molecular weight excluding hydrogens is 316 g/mol. The van der Waals surface area contributed by atoms with E-state index in [9.17, 15) is 4.79 Å². The molecule has 1 aromatic carbocycles. The lowest BCUT2D eigenvalue weighted by molar-refractivity contribution is -0.121. The van der Waals surface area contributed by atoms with Gasteiger partial charge >= 0.3 is 0 Å². The Morgan fingerprint density at radius 2 is 2.00 bits per heavy atom. The van der Waals surface area contributed by atoms with Crippen molar-refractivity contribution in [3.63, 3.8) is 0 Å². The van der Waals surface area contributed by atoms with E-state index in [4.69, 9.17) is 16.6 Å². The number of nitrogens with zero attached hydrogens (tertiary/aromatic N) is 1. The summed E-state index contributed by atoms with van der Waals surface area (Å²) in [5.41, 5.74) is 3.82. The Kier molecular flexibility index (Phi) is 4.41. The fourth-order valence-electron chi connectivity index (χ4n) is 1.84. The van der Waals surface area contributed by atoms with Gasteiger partial charge in [-0.05, 0) is 48.6 Å². The predicted molar refractivity (Wildman–Crippen MR) is 92.9 cm³/mol. The summed E-state index contributed by atoms with van der Waals surface area (Å²) < 4.78 is 5.67. The maximum atomic E-state index is 12.3. The number of amides is 1. The monoisotopic (exact) mass is 328 g/mol. The highest BCUT2D eigenvalue weighted by molar-refractivity contribution is 8.26. The molecule has 2 heterocycles. The molecule has 1 fully saturated rings. The summed E-state index contributed by atoms with van der Waals surface area (Å²) in [6.45, 7) is 0. The molecule has 1 N–H and O–H groups in total. The number of carbonyl (C=O) groups excluding carboxylic acids is 1. The Balaban J connectivity index is 1.71. The van der Waals surface area contributed by atoms with Gasteiger partial charge in [-0.1, -0.05) is 36.0 Å². The molecule has 0 aliphatic carbocycles. The molecule has 3 rings (SSSR count). The minimum atomic E-state index is -0.164. The van der Waals surface area contributed by atoms with Crippen LogP contribution in [0.25, 0.3) is 6.08 Å². The van der Waals surface area contributed by atoms with Crippen molar-refractivity contribution in [1.82, 2.24) is 5.01 Å². The largest absolute Gasteiger partial charge is 0.465 e. The van der Waals surface area contributed by atoms with Gasteiger partial charge in [0, 0.05) is 0 Å². The summed E-state index contributed by atoms with van der Waals surface area (Å²) in [6.07, 6.45) is 6.89. The first-order valence-electron chi connectivity index (χ1n) is 6.54. The molecule has 0 radical (unpaired) electrons. The number of hydrogen-bond donors (Lipinski definition) is 1. The van der Waals surface area contributed by atoms with Crippen molar-refractivity contribution in [2.75, 3.05) is 5.43 Å². The zero-order valence-electron chi connectivity index (χ0n) is 11.4. The van der Waals surface area contributed by atoms with Crippen LogP contribution < -0.4 is 5.43 Å². The van der Waals surface area contributed by atoms with E-state index >= 15 is 0 Å². The van der Waals surface area contributed by atoms with Crippen molar-refractivity contribution in [2.45, 2.75) is 0 Å². The molecule has 2 aromatic rings. The molecule has 1 aliphatic heterocycles. The summed E-state index contributed by atoms with van der Waals surface area (Å²) >= 11 is 6.51. The van der Waals surface area contributed by atoms with Crippen molar-refractivity contribution in [3.05, 3.63) is 71.5 Å². The number of rotatable bonds is 4. The van der Waals surface area contributed by atoms with Crippen molar-refractivity contribution in [2.24, 2.45) is 0 Å². The molecule has 0 unspecified atom stereocenters. The zero-order chi connectivity index (χ0) is 15.4. The number of para-hydroxylation sites is 1. The molecule has 22 heavy (non-hydrogen) atoms. The predicted octanol–water partition coefficient (Wildman–Crippen LogP) is 4.06. The lowest BCUT2D eigenvalue weighted by atomic mass is 10.3. The summed E-state index contributed by atoms with van der Waals surface area (Å²) in [5.74, 6) is 0.567. The Labute approximate surface area is 137 Å². The van der Waals surface area contributed by atoms with Gasteiger partial charge in [-0.25, -0.2) is 5.01 Å². The van der Waals surface area contributed by atoms with E-state index in [-0.39, 0.29) is 5.91 Å². The molecular formula is C16H12N2O2S2. The van der Waals surface area contributed by atoms with Gasteiger partial charge in [-0.2, -0.15) is 0 Å². The van der Waals surface area contributed by atoms with Gasteiger partial charge in [0.15, 0.2) is 4.32 Å². The second-order valence-electron chi connectivity index (χ2n) is 4.39. The maximum absolute atomic E-state index is 12.3. The van der Waals surface area contributed by atoms with Crippen LogP contribution in [0, 0.1) is 0 Å². The molecule has 4 nitrogen and oxygen atoms in total. The van der Waals surface area contributed by atoms with E-state index < -0.39 is 0 Å². The molecule has 1 saturated heterocycles. The van der Waals surface area contributed by atoms with Crippen molar-refractivity contribution < 1.29 is 9.21 Å². The molecule has 1 aromatic heterocycles. The number of anilines is 1. The number of benzene rings is 1. The number of allylic oxidation sites excluding steroid dienone is 2. The average Bonchev–Trinajstić information content (AvgIpc) is 3.13. The molecule has 0 bridgehead atoms. The first-order valence-corrected chi connectivity index (χ1v) is 7.76. The third kappa shape index (κ3) is 3.29. The standard InChI is InChI=1S/C16H12N2O2S2/c19-15-14(10-4-8-13-9-5-11-20-13)22-16(21)18(15)17-12-6-2-1-3-7-12/h1-11,17H/b8-4+,14-10+. The number of nitrogens with one attached hydrogen (secondary N) is 1. The fourth-order valence-corrected chi connectivity index (χ4v) is 2.97. The number of hydrazine groups is 1. The van der Waals surface area contributed by atoms with E-state index in [0.717, 1.165) is 11.4 Å². The lowest BCUT2D eigenvalue weighted by Crippen LogP contribution is -2.33. The van der Waals surface area contributed by atoms with Crippen molar-refractivity contribution in [3.8, 4) is 0 Å². The highest BCUT2D eigenvalue weighted by Crippen LogP contribution is 2.31. The molecule has 0 spiro atoms. The minimum Gasteiger partial charge on any atom is -0.465 e. The van der Waals surface area contributed by atoms with Crippen LogP contribution in [0.2, 0.25) is 0 Å². The molecule has 0 saturated carbocycles. The van der Waals surface area contributed by atoms with Crippen molar-refractivity contribution >= 4 is 46.0 Å². The number of furan rings is 1. The van der Waals surface area contributed by atoms with Gasteiger partial charge < -0.3 is 4.42 Å². The third-order valence-electron chi connectivity index (χ3n) is 2.86. The van der Waals surface area contributed by atoms with Gasteiger partial charge in [0.2, 0.25) is 0 Å². The second kappa shape index (κ2) is 6.64. The van der Waals surface area contributed by atoms with E-state index in [2.05, 4.69) is 5.43 Å². The molecule has 6 heteroatoms. The van der Waals surface area contributed by atoms with E-state index in [1.807, 2.05) is 42.5 Å². The number of hydrogen-bond acceptors (Lipinski definition) is 5. The van der Waals surface area contributed by atoms with Crippen LogP contribution >= 0.6 is 24.0 Å². The fraction of sp³-hybridized carbons (Fsp3) is 0. The van der Waals surface area contributed by atoms with Crippen LogP contribution in [-0.4, -0.2) is 15.2 Å². The average molecular weight is 328 g/mol. The Hall–Kier alpha value is -2.31. The Bertz CT molecular complexity index is 737. The quantitative estimate of drug-likeness (QED) is 0.677. The van der Waals surface area contributed by atoms with E-state index in [1.54, 1.807) is 24.5 Å². The van der Waals surface area contributed by atoms with Crippen molar-refractivity contribution in [1.29, 1.82) is 0 Å². The van der Waals surface area contributed by atoms with E-state index in [1.165, 1.54) is 16.8 Å². The highest BCUT2D eigenvalue weighted by atomic mass is 32.2. The first kappa shape index (κ1) is 14.6. The second-order valence-corrected chi connectivity index (χ2v) is 6.07. The van der Waals surface area contributed by atoms with Gasteiger partial charge in [0.1, 0.15) is 5.76 Å². The molecule has 1 amide bonds. The zero-order valence-corrected chi connectivity index (χ0v) is 13.1. The van der Waals surface area contributed by atoms with E-state index in [0.29, 0.717) is 9.23 Å². The maximum Gasteiger partial charge on any atom is 0.285 e. The van der Waals surface area contributed by atoms with Gasteiger partial charge in [-0.15, -0.1) is 0 Å². The minimum absolute atomic E-state index is 0.164. The molecule has 0 atom stereocenters. The van der Waals surface area contributed by atoms with Gasteiger partial charge in [0.05, 0.1) is 16.9 Å². The van der Waals surface area contributed by atoms with Crippen LogP contribution in [0.3, 0.4) is 0 Å². The first-order chi connectivity index (χ1) is 10.7. The van der Waals surface area contributed by atoms with Crippen LogP contribution in [-0.2, 0) is 4.79 Å². The molecule has 110 valence electrons. The van der Waals surface area contributed by atoms with Crippen LogP contribution in [0.1, 0.15) is 5.76 Å². The lowest BCUT2D eigenvalue weighted by Gasteiger charge is -2.16. The topological polar surface area (TPSA) is 45.5 Å². The normalized spacial score (nSPS) is 16.9. The van der Waals surface area contributed by atoms with Gasteiger partial charge in [0.25, 0.3) is 5.91 Å². The summed E-state index contributed by atoms with van der Waals surface area (Å²) in [5, 5.41) is 1.38. The van der Waals surface area contributed by atoms with Crippen LogP contribution in [0.15, 0.2) is 70.2 Å². The SMILES string of the molecule is O=C1/C(=C\C=C\c2ccco2)SC(=S)N1Nc1ccccc1. The Morgan fingerprint density at radius 3 is 2.73 bits per heavy atom. The molecule has 1 aliphatic rings. The summed E-state index contributed by atoms with van der Waals surface area (Å²) in [4.78, 5) is 12.9. The Morgan fingerprint density at radius 1 is 1.18 bits per heavy atom. The van der Waals surface area contributed by atoms with Crippen LogP contribution in [0.5, 0.6) is 0 Å². The highest BCUT2D eigenvalue weighted by Gasteiger charge is 2.32. The summed E-state index contributed by atoms with van der Waals surface area (Å²) in [6, 6.07) is 13.1. The number of thiocarbonyl (C=S) groups is 1. The van der Waals surface area contributed by atoms with Crippen LogP contribution in [0.4, 0.5) is 5.69 Å². The summed E-state index contributed by atoms with van der Waals surface area (Å²) in [7, 11) is 0. The number of thioether (sulfide) groups is 1.